The second-order valence-corrected chi connectivity index (χ2v) is 5.79. The van der Waals surface area contributed by atoms with Crippen molar-refractivity contribution in [1.29, 1.82) is 0 Å². The first-order valence-electron chi connectivity index (χ1n) is 6.57. The van der Waals surface area contributed by atoms with Gasteiger partial charge in [0.15, 0.2) is 5.13 Å². The molecule has 2 N–H and O–H groups in total. The Morgan fingerprint density at radius 2 is 2.00 bits per heavy atom. The van der Waals surface area contributed by atoms with Crippen molar-refractivity contribution in [2.24, 2.45) is 0 Å². The number of anilines is 1. The lowest BCUT2D eigenvalue weighted by molar-refractivity contribution is -0.136. The maximum Gasteiger partial charge on any atom is 0.308 e. The van der Waals surface area contributed by atoms with Crippen molar-refractivity contribution in [3.63, 3.8) is 0 Å². The first kappa shape index (κ1) is 16.1. The number of carbonyl (C=O) groups is 2. The van der Waals surface area contributed by atoms with Gasteiger partial charge < -0.3 is 9.84 Å². The SMILES string of the molecule is COCC(=O)Nc1nc(-c2ccc(C)cc2)c(CC(=O)O)s1. The number of hydrogen-bond acceptors (Lipinski definition) is 5. The van der Waals surface area contributed by atoms with E-state index in [0.29, 0.717) is 15.7 Å². The van der Waals surface area contributed by atoms with Gasteiger partial charge in [0.2, 0.25) is 0 Å². The molecule has 0 saturated carbocycles. The molecule has 1 heterocycles. The van der Waals surface area contributed by atoms with Crippen LogP contribution >= 0.6 is 11.3 Å². The Morgan fingerprint density at radius 3 is 2.59 bits per heavy atom. The van der Waals surface area contributed by atoms with Crippen molar-refractivity contribution in [2.45, 2.75) is 13.3 Å². The van der Waals surface area contributed by atoms with Gasteiger partial charge in [0, 0.05) is 17.6 Å². The molecule has 0 radical (unpaired) electrons. The van der Waals surface area contributed by atoms with Crippen LogP contribution in [0.2, 0.25) is 0 Å². The fourth-order valence-corrected chi connectivity index (χ4v) is 2.88. The van der Waals surface area contributed by atoms with E-state index in [2.05, 4.69) is 10.3 Å². The third-order valence-corrected chi connectivity index (χ3v) is 3.83. The van der Waals surface area contributed by atoms with Crippen LogP contribution in [0.4, 0.5) is 5.13 Å². The van der Waals surface area contributed by atoms with E-state index in [0.717, 1.165) is 22.5 Å². The third-order valence-electron chi connectivity index (χ3n) is 2.86. The number of benzene rings is 1. The topological polar surface area (TPSA) is 88.5 Å². The van der Waals surface area contributed by atoms with Crippen molar-refractivity contribution in [2.75, 3.05) is 19.0 Å². The molecule has 116 valence electrons. The minimum atomic E-state index is -0.938. The molecular weight excluding hydrogens is 304 g/mol. The zero-order valence-corrected chi connectivity index (χ0v) is 13.1. The summed E-state index contributed by atoms with van der Waals surface area (Å²) in [5, 5.41) is 12.0. The number of aliphatic carboxylic acids is 1. The van der Waals surface area contributed by atoms with Crippen LogP contribution in [-0.4, -0.2) is 35.7 Å². The number of rotatable bonds is 6. The smallest absolute Gasteiger partial charge is 0.308 e. The molecular formula is C15H16N2O4S. The number of aryl methyl sites for hydroxylation is 1. The van der Waals surface area contributed by atoms with Gasteiger partial charge in [-0.3, -0.25) is 14.9 Å². The number of hydrogen-bond donors (Lipinski definition) is 2. The number of amides is 1. The lowest BCUT2D eigenvalue weighted by atomic mass is 10.1. The van der Waals surface area contributed by atoms with E-state index in [9.17, 15) is 9.59 Å². The zero-order chi connectivity index (χ0) is 16.1. The molecule has 2 aromatic rings. The summed E-state index contributed by atoms with van der Waals surface area (Å²) in [5.74, 6) is -1.26. The molecule has 22 heavy (non-hydrogen) atoms. The molecule has 0 spiro atoms. The van der Waals surface area contributed by atoms with Crippen LogP contribution in [0, 0.1) is 6.92 Å². The molecule has 0 unspecified atom stereocenters. The highest BCUT2D eigenvalue weighted by atomic mass is 32.1. The normalized spacial score (nSPS) is 10.5. The molecule has 0 aliphatic rings. The Kier molecular flexibility index (Phi) is 5.24. The van der Waals surface area contributed by atoms with Crippen LogP contribution in [0.15, 0.2) is 24.3 Å². The summed E-state index contributed by atoms with van der Waals surface area (Å²) in [5.41, 5.74) is 2.51. The van der Waals surface area contributed by atoms with Crippen molar-refractivity contribution in [3.05, 3.63) is 34.7 Å². The average Bonchev–Trinajstić information content (AvgIpc) is 2.81. The maximum atomic E-state index is 11.6. The highest BCUT2D eigenvalue weighted by Gasteiger charge is 2.17. The molecule has 0 saturated heterocycles. The number of carboxylic acid groups (broad SMARTS) is 1. The molecule has 1 aromatic heterocycles. The van der Waals surface area contributed by atoms with Gasteiger partial charge in [0.1, 0.15) is 6.61 Å². The van der Waals surface area contributed by atoms with Gasteiger partial charge in [-0.15, -0.1) is 11.3 Å². The Balaban J connectivity index is 2.33. The summed E-state index contributed by atoms with van der Waals surface area (Å²) in [6.07, 6.45) is -0.138. The summed E-state index contributed by atoms with van der Waals surface area (Å²) < 4.78 is 4.75. The molecule has 2 rings (SSSR count). The van der Waals surface area contributed by atoms with E-state index in [1.54, 1.807) is 0 Å². The summed E-state index contributed by atoms with van der Waals surface area (Å²) in [7, 11) is 1.43. The summed E-state index contributed by atoms with van der Waals surface area (Å²) in [6, 6.07) is 7.64. The lowest BCUT2D eigenvalue weighted by Gasteiger charge is -2.01. The van der Waals surface area contributed by atoms with Gasteiger partial charge in [-0.05, 0) is 6.92 Å². The van der Waals surface area contributed by atoms with Crippen LogP contribution in [0.25, 0.3) is 11.3 Å². The first-order chi connectivity index (χ1) is 10.5. The van der Waals surface area contributed by atoms with E-state index in [4.69, 9.17) is 9.84 Å². The second kappa shape index (κ2) is 7.15. The van der Waals surface area contributed by atoms with Gasteiger partial charge in [0.05, 0.1) is 12.1 Å². The predicted molar refractivity (Wildman–Crippen MR) is 84.1 cm³/mol. The van der Waals surface area contributed by atoms with Gasteiger partial charge in [-0.2, -0.15) is 0 Å². The summed E-state index contributed by atoms with van der Waals surface area (Å²) in [6.45, 7) is 1.90. The molecule has 1 aromatic carbocycles. The molecule has 1 amide bonds. The number of nitrogens with zero attached hydrogens (tertiary/aromatic N) is 1. The largest absolute Gasteiger partial charge is 0.481 e. The highest BCUT2D eigenvalue weighted by molar-refractivity contribution is 7.16. The van der Waals surface area contributed by atoms with Gasteiger partial charge in [-0.25, -0.2) is 4.98 Å². The van der Waals surface area contributed by atoms with Crippen molar-refractivity contribution >= 4 is 28.3 Å². The van der Waals surface area contributed by atoms with Gasteiger partial charge in [-0.1, -0.05) is 29.8 Å². The molecule has 0 fully saturated rings. The van der Waals surface area contributed by atoms with E-state index >= 15 is 0 Å². The van der Waals surface area contributed by atoms with Crippen LogP contribution in [-0.2, 0) is 20.7 Å². The molecule has 0 bridgehead atoms. The minimum absolute atomic E-state index is 0.0757. The fraction of sp³-hybridized carbons (Fsp3) is 0.267. The Hall–Kier alpha value is -2.25. The van der Waals surface area contributed by atoms with Crippen LogP contribution in [0.3, 0.4) is 0 Å². The fourth-order valence-electron chi connectivity index (χ4n) is 1.89. The highest BCUT2D eigenvalue weighted by Crippen LogP contribution is 2.31. The molecule has 6 nitrogen and oxygen atoms in total. The second-order valence-electron chi connectivity index (χ2n) is 4.71. The zero-order valence-electron chi connectivity index (χ0n) is 12.3. The van der Waals surface area contributed by atoms with Gasteiger partial charge >= 0.3 is 5.97 Å². The number of nitrogens with one attached hydrogen (secondary N) is 1. The molecule has 0 atom stereocenters. The molecule has 7 heteroatoms. The van der Waals surface area contributed by atoms with Crippen LogP contribution < -0.4 is 5.32 Å². The van der Waals surface area contributed by atoms with Crippen LogP contribution in [0.5, 0.6) is 0 Å². The number of methoxy groups -OCH3 is 1. The van der Waals surface area contributed by atoms with E-state index in [1.807, 2.05) is 31.2 Å². The van der Waals surface area contributed by atoms with Gasteiger partial charge in [0.25, 0.3) is 5.91 Å². The van der Waals surface area contributed by atoms with Crippen molar-refractivity contribution in [3.8, 4) is 11.3 Å². The Bertz CT molecular complexity index is 679. The maximum absolute atomic E-state index is 11.6. The first-order valence-corrected chi connectivity index (χ1v) is 7.38. The van der Waals surface area contributed by atoms with Crippen molar-refractivity contribution in [1.82, 2.24) is 4.98 Å². The predicted octanol–water partition coefficient (Wildman–Crippen LogP) is 2.33. The van der Waals surface area contributed by atoms with E-state index in [1.165, 1.54) is 7.11 Å². The van der Waals surface area contributed by atoms with Crippen LogP contribution in [0.1, 0.15) is 10.4 Å². The number of carboxylic acids is 1. The number of carbonyl (C=O) groups excluding carboxylic acids is 1. The molecule has 0 aliphatic heterocycles. The Labute approximate surface area is 131 Å². The van der Waals surface area contributed by atoms with Crippen molar-refractivity contribution < 1.29 is 19.4 Å². The average molecular weight is 320 g/mol. The summed E-state index contributed by atoms with van der Waals surface area (Å²) >= 11 is 1.16. The number of thiazole rings is 1. The number of ether oxygens (including phenoxy) is 1. The standard InChI is InChI=1S/C15H16N2O4S/c1-9-3-5-10(6-4-9)14-11(7-13(19)20)22-15(17-14)16-12(18)8-21-2/h3-6H,7-8H2,1-2H3,(H,19,20)(H,16,17,18). The lowest BCUT2D eigenvalue weighted by Crippen LogP contribution is -2.16. The van der Waals surface area contributed by atoms with E-state index < -0.39 is 5.97 Å². The molecule has 0 aliphatic carbocycles. The third kappa shape index (κ3) is 4.12. The monoisotopic (exact) mass is 320 g/mol. The Morgan fingerprint density at radius 1 is 1.32 bits per heavy atom. The minimum Gasteiger partial charge on any atom is -0.481 e. The van der Waals surface area contributed by atoms with E-state index in [-0.39, 0.29) is 18.9 Å². The quantitative estimate of drug-likeness (QED) is 0.853. The summed E-state index contributed by atoms with van der Waals surface area (Å²) in [4.78, 5) is 27.5. The number of aromatic nitrogens is 1.